The summed E-state index contributed by atoms with van der Waals surface area (Å²) in [6.45, 7) is 3.02. The van der Waals surface area contributed by atoms with Crippen molar-refractivity contribution in [2.75, 3.05) is 10.2 Å². The van der Waals surface area contributed by atoms with Crippen LogP contribution < -0.4 is 26.0 Å². The van der Waals surface area contributed by atoms with Gasteiger partial charge in [-0.1, -0.05) is 17.7 Å². The highest BCUT2D eigenvalue weighted by Crippen LogP contribution is 2.55. The van der Waals surface area contributed by atoms with E-state index >= 15 is 0 Å². The Morgan fingerprint density at radius 1 is 1.11 bits per heavy atom. The number of nitrogens with zero attached hydrogens (tertiary/aromatic N) is 1. The Morgan fingerprint density at radius 2 is 1.81 bits per heavy atom. The zero-order valence-electron chi connectivity index (χ0n) is 19.5. The number of benzene rings is 2. The van der Waals surface area contributed by atoms with Crippen molar-refractivity contribution in [2.24, 2.45) is 17.6 Å². The van der Waals surface area contributed by atoms with E-state index in [0.717, 1.165) is 4.90 Å². The minimum absolute atomic E-state index is 0.0242. The number of rotatable bonds is 5. The van der Waals surface area contributed by atoms with Crippen LogP contribution >= 0.6 is 11.6 Å². The lowest BCUT2D eigenvalue weighted by Crippen LogP contribution is -2.53. The number of halogens is 1. The number of hydrogen-bond acceptors (Lipinski definition) is 7. The summed E-state index contributed by atoms with van der Waals surface area (Å²) in [5.74, 6) is -4.26. The van der Waals surface area contributed by atoms with Gasteiger partial charge in [-0.2, -0.15) is 0 Å². The van der Waals surface area contributed by atoms with E-state index in [1.165, 1.54) is 31.2 Å². The van der Waals surface area contributed by atoms with E-state index in [9.17, 15) is 24.0 Å². The van der Waals surface area contributed by atoms with Gasteiger partial charge in [0.25, 0.3) is 0 Å². The van der Waals surface area contributed by atoms with E-state index in [1.807, 2.05) is 0 Å². The second-order valence-corrected chi connectivity index (χ2v) is 9.62. The molecular weight excluding hydrogens is 488 g/mol. The summed E-state index contributed by atoms with van der Waals surface area (Å²) in [5.41, 5.74) is 5.80. The number of nitrogens with two attached hydrogens (primary N) is 1. The Balaban J connectivity index is 1.60. The van der Waals surface area contributed by atoms with Gasteiger partial charge in [-0.05, 0) is 49.2 Å². The van der Waals surface area contributed by atoms with Gasteiger partial charge in [0.15, 0.2) is 0 Å². The van der Waals surface area contributed by atoms with Gasteiger partial charge in [0.2, 0.25) is 23.6 Å². The van der Waals surface area contributed by atoms with Crippen molar-refractivity contribution in [3.05, 3.63) is 52.5 Å². The van der Waals surface area contributed by atoms with Crippen molar-refractivity contribution in [1.29, 1.82) is 0 Å². The van der Waals surface area contributed by atoms with Gasteiger partial charge in [0.1, 0.15) is 11.3 Å². The van der Waals surface area contributed by atoms with Gasteiger partial charge < -0.3 is 15.8 Å². The average molecular weight is 511 g/mol. The molecule has 10 nitrogen and oxygen atoms in total. The Kier molecular flexibility index (Phi) is 5.60. The van der Waals surface area contributed by atoms with Gasteiger partial charge in [0.05, 0.1) is 23.2 Å². The highest BCUT2D eigenvalue weighted by molar-refractivity contribution is 6.32. The molecule has 2 aromatic carbocycles. The van der Waals surface area contributed by atoms with Crippen molar-refractivity contribution in [3.8, 4) is 5.75 Å². The predicted molar refractivity (Wildman–Crippen MR) is 129 cm³/mol. The molecule has 0 radical (unpaired) electrons. The van der Waals surface area contributed by atoms with Gasteiger partial charge in [-0.15, -0.1) is 0 Å². The molecule has 2 saturated heterocycles. The summed E-state index contributed by atoms with van der Waals surface area (Å²) >= 11 is 6.28. The van der Waals surface area contributed by atoms with E-state index in [0.29, 0.717) is 21.8 Å². The summed E-state index contributed by atoms with van der Waals surface area (Å²) in [7, 11) is 0. The third-order valence-corrected chi connectivity index (χ3v) is 7.55. The summed E-state index contributed by atoms with van der Waals surface area (Å²) in [6, 6.07) is 8.63. The molecule has 3 heterocycles. The van der Waals surface area contributed by atoms with Crippen molar-refractivity contribution in [3.63, 3.8) is 0 Å². The molecule has 0 aliphatic carbocycles. The second-order valence-electron chi connectivity index (χ2n) is 9.22. The molecule has 4 atom stereocenters. The number of carbonyl (C=O) groups excluding carboxylic acids is 5. The predicted octanol–water partition coefficient (Wildman–Crippen LogP) is 1.76. The van der Waals surface area contributed by atoms with Crippen LogP contribution in [-0.2, 0) is 29.5 Å². The molecule has 0 saturated carbocycles. The lowest BCUT2D eigenvalue weighted by Gasteiger charge is -2.29. The third kappa shape index (κ3) is 3.40. The largest absolute Gasteiger partial charge is 0.427 e. The van der Waals surface area contributed by atoms with E-state index in [-0.39, 0.29) is 24.3 Å². The van der Waals surface area contributed by atoms with Crippen LogP contribution in [0.15, 0.2) is 36.4 Å². The van der Waals surface area contributed by atoms with Gasteiger partial charge in [-0.3, -0.25) is 29.3 Å². The molecule has 0 bridgehead atoms. The highest BCUT2D eigenvalue weighted by atomic mass is 35.5. The topological polar surface area (TPSA) is 148 Å². The number of hydrogen-bond donors (Lipinski definition) is 3. The number of amides is 4. The van der Waals surface area contributed by atoms with Crippen molar-refractivity contribution in [1.82, 2.24) is 5.32 Å². The number of anilines is 2. The van der Waals surface area contributed by atoms with Crippen LogP contribution in [0.1, 0.15) is 30.9 Å². The van der Waals surface area contributed by atoms with Crippen LogP contribution in [0.3, 0.4) is 0 Å². The van der Waals surface area contributed by atoms with Crippen molar-refractivity contribution < 1.29 is 28.7 Å². The minimum Gasteiger partial charge on any atom is -0.427 e. The van der Waals surface area contributed by atoms with Gasteiger partial charge in [-0.25, -0.2) is 4.90 Å². The molecule has 11 heteroatoms. The smallest absolute Gasteiger partial charge is 0.308 e. The Labute approximate surface area is 211 Å². The quantitative estimate of drug-likeness (QED) is 0.315. The second kappa shape index (κ2) is 8.42. The third-order valence-electron chi connectivity index (χ3n) is 7.14. The summed E-state index contributed by atoms with van der Waals surface area (Å²) in [5, 5.41) is 6.55. The molecule has 2 aromatic rings. The number of imide groups is 1. The van der Waals surface area contributed by atoms with Gasteiger partial charge >= 0.3 is 5.97 Å². The normalized spacial score (nSPS) is 26.2. The van der Waals surface area contributed by atoms with Crippen LogP contribution in [0.25, 0.3) is 0 Å². The highest BCUT2D eigenvalue weighted by Gasteiger charge is 2.70. The summed E-state index contributed by atoms with van der Waals surface area (Å²) in [6.07, 6.45) is 0.148. The Bertz CT molecular complexity index is 1340. The van der Waals surface area contributed by atoms with Crippen molar-refractivity contribution >= 4 is 52.6 Å². The molecule has 36 heavy (non-hydrogen) atoms. The fourth-order valence-electron chi connectivity index (χ4n) is 5.62. The zero-order chi connectivity index (χ0) is 25.9. The first kappa shape index (κ1) is 24.0. The van der Waals surface area contributed by atoms with Crippen LogP contribution in [0.5, 0.6) is 5.75 Å². The van der Waals surface area contributed by atoms with Crippen LogP contribution in [0, 0.1) is 18.8 Å². The maximum Gasteiger partial charge on any atom is 0.308 e. The standard InChI is InChI=1S/C25H23ClN4O6/c1-11-16(26)8-7-15-21(11)28-24(35)25(15)20-19(17(29-25)9-10-18(27)32)22(33)30(23(20)34)13-3-5-14(6-4-13)36-12(2)31/h3-8,17,19-20,29H,9-10H2,1-2H3,(H2,27,32)(H,28,35)/t17-,19+,20-,25-/m0/s1. The molecular formula is C25H23ClN4O6. The zero-order valence-corrected chi connectivity index (χ0v) is 20.2. The maximum atomic E-state index is 13.9. The fraction of sp³-hybridized carbons (Fsp3) is 0.320. The molecule has 3 aliphatic heterocycles. The van der Waals surface area contributed by atoms with Gasteiger partial charge in [0, 0.05) is 30.0 Å². The van der Waals surface area contributed by atoms with Crippen LogP contribution in [0.4, 0.5) is 11.4 Å². The summed E-state index contributed by atoms with van der Waals surface area (Å²) in [4.78, 5) is 65.0. The molecule has 1 spiro atoms. The lowest BCUT2D eigenvalue weighted by atomic mass is 9.76. The number of carbonyl (C=O) groups is 5. The molecule has 0 aromatic heterocycles. The average Bonchev–Trinajstić information content (AvgIpc) is 3.40. The molecule has 2 fully saturated rings. The Morgan fingerprint density at radius 3 is 2.44 bits per heavy atom. The molecule has 3 aliphatic rings. The van der Waals surface area contributed by atoms with E-state index < -0.39 is 53.0 Å². The SMILES string of the molecule is CC(=O)Oc1ccc(N2C(=O)[C@@H]3[C@H](CCC(N)=O)N[C@]4(C(=O)Nc5c4ccc(Cl)c5C)[C@@H]3C2=O)cc1. The number of esters is 1. The monoisotopic (exact) mass is 510 g/mol. The minimum atomic E-state index is -1.52. The number of fused-ring (bicyclic) bond motifs is 4. The van der Waals surface area contributed by atoms with E-state index in [2.05, 4.69) is 10.6 Å². The number of nitrogens with one attached hydrogen (secondary N) is 2. The van der Waals surface area contributed by atoms with E-state index in [4.69, 9.17) is 22.1 Å². The van der Waals surface area contributed by atoms with Crippen LogP contribution in [-0.4, -0.2) is 35.6 Å². The summed E-state index contributed by atoms with van der Waals surface area (Å²) < 4.78 is 5.04. The molecule has 0 unspecified atom stereocenters. The molecule has 5 rings (SSSR count). The lowest BCUT2D eigenvalue weighted by molar-refractivity contribution is -0.132. The van der Waals surface area contributed by atoms with E-state index in [1.54, 1.807) is 19.1 Å². The molecule has 4 amide bonds. The molecule has 4 N–H and O–H groups in total. The number of ether oxygens (including phenoxy) is 1. The first-order valence-corrected chi connectivity index (χ1v) is 11.8. The molecule has 186 valence electrons. The Hall–Kier alpha value is -3.76. The first-order chi connectivity index (χ1) is 17.1. The van der Waals surface area contributed by atoms with Crippen molar-refractivity contribution in [2.45, 2.75) is 38.3 Å². The maximum absolute atomic E-state index is 13.9. The fourth-order valence-corrected chi connectivity index (χ4v) is 5.78. The van der Waals surface area contributed by atoms with Crippen LogP contribution in [0.2, 0.25) is 5.02 Å². The number of primary amides is 1. The first-order valence-electron chi connectivity index (χ1n) is 11.4.